The number of hydrogen-bond donors (Lipinski definition) is 3. The van der Waals surface area contributed by atoms with Crippen LogP contribution in [0.1, 0.15) is 26.3 Å². The number of hydrogen-bond acceptors (Lipinski definition) is 3. The largest absolute Gasteiger partial charge is 0.478 e. The molecule has 0 heterocycles. The van der Waals surface area contributed by atoms with Crippen molar-refractivity contribution in [2.24, 2.45) is 5.73 Å². The van der Waals surface area contributed by atoms with E-state index in [9.17, 15) is 9.59 Å². The van der Waals surface area contributed by atoms with Gasteiger partial charge >= 0.3 is 11.9 Å². The lowest BCUT2D eigenvalue weighted by Crippen LogP contribution is -2.13. The van der Waals surface area contributed by atoms with Crippen LogP contribution in [0.4, 0.5) is 0 Å². The van der Waals surface area contributed by atoms with Gasteiger partial charge < -0.3 is 15.9 Å². The molecule has 0 saturated carbocycles. The first-order chi connectivity index (χ1) is 6.57. The summed E-state index contributed by atoms with van der Waals surface area (Å²) in [7, 11) is 0. The van der Waals surface area contributed by atoms with E-state index < -0.39 is 11.9 Å². The van der Waals surface area contributed by atoms with Gasteiger partial charge in [0.25, 0.3) is 0 Å². The maximum atomic E-state index is 10.8. The summed E-state index contributed by atoms with van der Waals surface area (Å²) in [5.41, 5.74) is 5.15. The summed E-state index contributed by atoms with van der Waals surface area (Å²) < 4.78 is 0. The number of carbonyl (C=O) groups is 2. The van der Waals surface area contributed by atoms with Crippen molar-refractivity contribution in [2.45, 2.75) is 6.54 Å². The molecule has 0 aliphatic rings. The van der Waals surface area contributed by atoms with E-state index in [0.29, 0.717) is 5.56 Å². The van der Waals surface area contributed by atoms with E-state index in [-0.39, 0.29) is 17.7 Å². The Hall–Kier alpha value is -1.88. The second-order valence-corrected chi connectivity index (χ2v) is 2.65. The molecule has 1 aromatic carbocycles. The third-order valence-corrected chi connectivity index (χ3v) is 1.81. The molecular weight excluding hydrogens is 186 g/mol. The van der Waals surface area contributed by atoms with Gasteiger partial charge in [0.2, 0.25) is 0 Å². The lowest BCUT2D eigenvalue weighted by Gasteiger charge is -2.06. The molecule has 0 atom stereocenters. The fourth-order valence-corrected chi connectivity index (χ4v) is 1.20. The predicted octanol–water partition coefficient (Wildman–Crippen LogP) is 0.542. The van der Waals surface area contributed by atoms with Crippen molar-refractivity contribution in [3.05, 3.63) is 34.9 Å². The molecule has 0 bridgehead atoms. The summed E-state index contributed by atoms with van der Waals surface area (Å²) in [6.07, 6.45) is 0. The van der Waals surface area contributed by atoms with Crippen molar-refractivity contribution in [2.75, 3.05) is 0 Å². The summed E-state index contributed by atoms with van der Waals surface area (Å²) in [5.74, 6) is -2.54. The minimum Gasteiger partial charge on any atom is -0.478 e. The minimum absolute atomic E-state index is 0.00273. The fraction of sp³-hybridized carbons (Fsp3) is 0.111. The zero-order valence-corrected chi connectivity index (χ0v) is 7.23. The molecule has 74 valence electrons. The van der Waals surface area contributed by atoms with Gasteiger partial charge in [0.05, 0.1) is 11.1 Å². The Morgan fingerprint density at radius 2 is 1.86 bits per heavy atom. The summed E-state index contributed by atoms with van der Waals surface area (Å²) in [4.78, 5) is 21.5. The monoisotopic (exact) mass is 195 g/mol. The Bertz CT molecular complexity index is 386. The Morgan fingerprint density at radius 3 is 2.29 bits per heavy atom. The molecule has 0 radical (unpaired) electrons. The van der Waals surface area contributed by atoms with Gasteiger partial charge in [-0.1, -0.05) is 12.1 Å². The zero-order chi connectivity index (χ0) is 10.7. The first-order valence-corrected chi connectivity index (χ1v) is 3.86. The third-order valence-electron chi connectivity index (χ3n) is 1.81. The Labute approximate surface area is 79.8 Å². The molecule has 0 aliphatic heterocycles. The molecule has 0 unspecified atom stereocenters. The number of benzene rings is 1. The molecule has 0 amide bonds. The number of carboxylic acids is 2. The SMILES string of the molecule is NCc1cccc(C(=O)O)c1C(=O)O. The van der Waals surface area contributed by atoms with E-state index in [0.717, 1.165) is 0 Å². The molecule has 1 aromatic rings. The van der Waals surface area contributed by atoms with Crippen LogP contribution >= 0.6 is 0 Å². The maximum Gasteiger partial charge on any atom is 0.336 e. The summed E-state index contributed by atoms with van der Waals surface area (Å²) in [5, 5.41) is 17.5. The van der Waals surface area contributed by atoms with Gasteiger partial charge in [-0.05, 0) is 11.6 Å². The van der Waals surface area contributed by atoms with Crippen molar-refractivity contribution in [1.82, 2.24) is 0 Å². The number of nitrogens with two attached hydrogens (primary N) is 1. The van der Waals surface area contributed by atoms with E-state index >= 15 is 0 Å². The van der Waals surface area contributed by atoms with Crippen molar-refractivity contribution >= 4 is 11.9 Å². The lowest BCUT2D eigenvalue weighted by molar-refractivity contribution is 0.0650. The highest BCUT2D eigenvalue weighted by Crippen LogP contribution is 2.14. The van der Waals surface area contributed by atoms with Crippen LogP contribution < -0.4 is 5.73 Å². The summed E-state index contributed by atoms with van der Waals surface area (Å²) in [6, 6.07) is 4.21. The molecule has 0 aliphatic carbocycles. The van der Waals surface area contributed by atoms with Crippen molar-refractivity contribution in [3.8, 4) is 0 Å². The number of rotatable bonds is 3. The molecule has 1 rings (SSSR count). The highest BCUT2D eigenvalue weighted by atomic mass is 16.4. The van der Waals surface area contributed by atoms with E-state index in [4.69, 9.17) is 15.9 Å². The predicted molar refractivity (Wildman–Crippen MR) is 48.3 cm³/mol. The average Bonchev–Trinajstić information content (AvgIpc) is 2.16. The van der Waals surface area contributed by atoms with E-state index in [1.807, 2.05) is 0 Å². The molecule has 4 N–H and O–H groups in total. The van der Waals surface area contributed by atoms with Gasteiger partial charge in [0.1, 0.15) is 0 Å². The average molecular weight is 195 g/mol. The standard InChI is InChI=1S/C9H9NO4/c10-4-5-2-1-3-6(8(11)12)7(5)9(13)14/h1-3H,4,10H2,(H,11,12)(H,13,14). The Morgan fingerprint density at radius 1 is 1.21 bits per heavy atom. The molecule has 5 nitrogen and oxygen atoms in total. The fourth-order valence-electron chi connectivity index (χ4n) is 1.20. The number of aromatic carboxylic acids is 2. The number of carboxylic acid groups (broad SMARTS) is 2. The van der Waals surface area contributed by atoms with Crippen LogP contribution in [0.5, 0.6) is 0 Å². The lowest BCUT2D eigenvalue weighted by atomic mass is 10.0. The van der Waals surface area contributed by atoms with Crippen molar-refractivity contribution < 1.29 is 19.8 Å². The third kappa shape index (κ3) is 1.72. The zero-order valence-electron chi connectivity index (χ0n) is 7.23. The molecule has 5 heteroatoms. The molecular formula is C9H9NO4. The van der Waals surface area contributed by atoms with Crippen molar-refractivity contribution in [1.29, 1.82) is 0 Å². The molecule has 14 heavy (non-hydrogen) atoms. The maximum absolute atomic E-state index is 10.8. The highest BCUT2D eigenvalue weighted by Gasteiger charge is 2.18. The van der Waals surface area contributed by atoms with Gasteiger partial charge in [-0.25, -0.2) is 9.59 Å². The molecule has 0 aromatic heterocycles. The van der Waals surface area contributed by atoms with Gasteiger partial charge in [-0.2, -0.15) is 0 Å². The van der Waals surface area contributed by atoms with Crippen LogP contribution in [0.3, 0.4) is 0 Å². The van der Waals surface area contributed by atoms with Crippen LogP contribution in [0.15, 0.2) is 18.2 Å². The van der Waals surface area contributed by atoms with Crippen LogP contribution in [-0.4, -0.2) is 22.2 Å². The van der Waals surface area contributed by atoms with Gasteiger partial charge in [-0.15, -0.1) is 0 Å². The second-order valence-electron chi connectivity index (χ2n) is 2.65. The van der Waals surface area contributed by atoms with E-state index in [2.05, 4.69) is 0 Å². The van der Waals surface area contributed by atoms with Crippen molar-refractivity contribution in [3.63, 3.8) is 0 Å². The molecule has 0 fully saturated rings. The summed E-state index contributed by atoms with van der Waals surface area (Å²) in [6.45, 7) is 0.00273. The van der Waals surface area contributed by atoms with Crippen LogP contribution in [0.2, 0.25) is 0 Å². The highest BCUT2D eigenvalue weighted by molar-refractivity contribution is 6.02. The van der Waals surface area contributed by atoms with E-state index in [1.165, 1.54) is 18.2 Å². The topological polar surface area (TPSA) is 101 Å². The molecule has 0 spiro atoms. The first-order valence-electron chi connectivity index (χ1n) is 3.86. The Balaban J connectivity index is 3.43. The Kier molecular flexibility index (Phi) is 2.83. The second kappa shape index (κ2) is 3.89. The van der Waals surface area contributed by atoms with Gasteiger partial charge in [0.15, 0.2) is 0 Å². The normalized spacial score (nSPS) is 9.79. The first kappa shape index (κ1) is 10.2. The van der Waals surface area contributed by atoms with Crippen LogP contribution in [0, 0.1) is 0 Å². The van der Waals surface area contributed by atoms with Crippen LogP contribution in [-0.2, 0) is 6.54 Å². The van der Waals surface area contributed by atoms with E-state index in [1.54, 1.807) is 0 Å². The minimum atomic E-state index is -1.27. The quantitative estimate of drug-likeness (QED) is 0.653. The summed E-state index contributed by atoms with van der Waals surface area (Å²) >= 11 is 0. The van der Waals surface area contributed by atoms with Gasteiger partial charge in [-0.3, -0.25) is 0 Å². The van der Waals surface area contributed by atoms with Gasteiger partial charge in [0, 0.05) is 6.54 Å². The molecule has 0 saturated heterocycles. The smallest absolute Gasteiger partial charge is 0.336 e. The van der Waals surface area contributed by atoms with Crippen LogP contribution in [0.25, 0.3) is 0 Å².